The summed E-state index contributed by atoms with van der Waals surface area (Å²) in [6, 6.07) is 13.7. The SMILES string of the molecule is CCCCNC(=O)C(CC)N(Cc1ccccc1)C(=O)CN(c1ccccc1F)S(C)(=O)=O. The van der Waals surface area contributed by atoms with Crippen LogP contribution in [0.4, 0.5) is 10.1 Å². The Morgan fingerprint density at radius 1 is 1.03 bits per heavy atom. The highest BCUT2D eigenvalue weighted by Crippen LogP contribution is 2.22. The quantitative estimate of drug-likeness (QED) is 0.475. The maximum atomic E-state index is 14.4. The minimum atomic E-state index is -3.97. The first kappa shape index (κ1) is 26.3. The normalized spacial score (nSPS) is 12.1. The highest BCUT2D eigenvalue weighted by molar-refractivity contribution is 7.92. The molecule has 1 atom stereocenters. The van der Waals surface area contributed by atoms with Gasteiger partial charge in [-0.2, -0.15) is 0 Å². The van der Waals surface area contributed by atoms with Gasteiger partial charge in [0.25, 0.3) is 0 Å². The summed E-state index contributed by atoms with van der Waals surface area (Å²) in [5.74, 6) is -1.65. The molecule has 0 radical (unpaired) electrons. The third-order valence-electron chi connectivity index (χ3n) is 5.21. The summed E-state index contributed by atoms with van der Waals surface area (Å²) in [5.41, 5.74) is 0.580. The van der Waals surface area contributed by atoms with Gasteiger partial charge in [-0.15, -0.1) is 0 Å². The number of carbonyl (C=O) groups is 2. The third kappa shape index (κ3) is 7.56. The zero-order valence-corrected chi connectivity index (χ0v) is 20.1. The lowest BCUT2D eigenvalue weighted by Gasteiger charge is -2.33. The van der Waals surface area contributed by atoms with E-state index in [2.05, 4.69) is 5.32 Å². The molecule has 0 saturated heterocycles. The first-order chi connectivity index (χ1) is 15.7. The van der Waals surface area contributed by atoms with Gasteiger partial charge in [-0.05, 0) is 30.5 Å². The summed E-state index contributed by atoms with van der Waals surface area (Å²) < 4.78 is 40.1. The zero-order valence-electron chi connectivity index (χ0n) is 19.3. The summed E-state index contributed by atoms with van der Waals surface area (Å²) in [6.07, 6.45) is 2.98. The molecule has 0 heterocycles. The highest BCUT2D eigenvalue weighted by Gasteiger charge is 2.32. The van der Waals surface area contributed by atoms with Crippen LogP contribution >= 0.6 is 0 Å². The first-order valence-electron chi connectivity index (χ1n) is 11.0. The fourth-order valence-electron chi connectivity index (χ4n) is 3.45. The second-order valence-electron chi connectivity index (χ2n) is 7.80. The largest absolute Gasteiger partial charge is 0.354 e. The fourth-order valence-corrected chi connectivity index (χ4v) is 4.30. The molecule has 0 bridgehead atoms. The van der Waals surface area contributed by atoms with E-state index in [-0.39, 0.29) is 18.1 Å². The van der Waals surface area contributed by atoms with Gasteiger partial charge in [-0.1, -0.05) is 62.7 Å². The van der Waals surface area contributed by atoms with Gasteiger partial charge < -0.3 is 10.2 Å². The number of nitrogens with zero attached hydrogens (tertiary/aromatic N) is 2. The molecule has 2 aromatic rings. The van der Waals surface area contributed by atoms with Crippen molar-refractivity contribution in [3.05, 3.63) is 66.0 Å². The molecule has 0 aliphatic carbocycles. The van der Waals surface area contributed by atoms with Crippen molar-refractivity contribution in [2.24, 2.45) is 0 Å². The van der Waals surface area contributed by atoms with E-state index in [0.717, 1.165) is 35.0 Å². The monoisotopic (exact) mass is 477 g/mol. The van der Waals surface area contributed by atoms with E-state index in [1.54, 1.807) is 6.92 Å². The molecular weight excluding hydrogens is 445 g/mol. The molecule has 7 nitrogen and oxygen atoms in total. The Morgan fingerprint density at radius 2 is 1.67 bits per heavy atom. The number of hydrogen-bond donors (Lipinski definition) is 1. The van der Waals surface area contributed by atoms with E-state index in [4.69, 9.17) is 0 Å². The minimum Gasteiger partial charge on any atom is -0.354 e. The molecule has 0 spiro atoms. The van der Waals surface area contributed by atoms with Crippen LogP contribution in [0.3, 0.4) is 0 Å². The zero-order chi connectivity index (χ0) is 24.4. The van der Waals surface area contributed by atoms with Crippen LogP contribution in [0.5, 0.6) is 0 Å². The topological polar surface area (TPSA) is 86.8 Å². The van der Waals surface area contributed by atoms with Crippen molar-refractivity contribution in [2.75, 3.05) is 23.7 Å². The van der Waals surface area contributed by atoms with Crippen LogP contribution in [0.15, 0.2) is 54.6 Å². The average molecular weight is 478 g/mol. The van der Waals surface area contributed by atoms with E-state index in [9.17, 15) is 22.4 Å². The molecular formula is C24H32FN3O4S. The van der Waals surface area contributed by atoms with Crippen molar-refractivity contribution in [2.45, 2.75) is 45.7 Å². The molecule has 0 fully saturated rings. The first-order valence-corrected chi connectivity index (χ1v) is 12.9. The maximum Gasteiger partial charge on any atom is 0.244 e. The smallest absolute Gasteiger partial charge is 0.244 e. The molecule has 2 aromatic carbocycles. The van der Waals surface area contributed by atoms with Crippen molar-refractivity contribution in [3.8, 4) is 0 Å². The molecule has 9 heteroatoms. The van der Waals surface area contributed by atoms with E-state index in [0.29, 0.717) is 13.0 Å². The van der Waals surface area contributed by atoms with Gasteiger partial charge in [0.1, 0.15) is 18.4 Å². The van der Waals surface area contributed by atoms with Crippen LogP contribution in [-0.2, 0) is 26.2 Å². The lowest BCUT2D eigenvalue weighted by atomic mass is 10.1. The van der Waals surface area contributed by atoms with Crippen LogP contribution in [-0.4, -0.2) is 50.5 Å². The number of amides is 2. The predicted molar refractivity (Wildman–Crippen MR) is 128 cm³/mol. The number of sulfonamides is 1. The Labute approximate surface area is 195 Å². The number of unbranched alkanes of at least 4 members (excludes halogenated alkanes) is 1. The second-order valence-corrected chi connectivity index (χ2v) is 9.70. The highest BCUT2D eigenvalue weighted by atomic mass is 32.2. The molecule has 1 N–H and O–H groups in total. The Balaban J connectivity index is 2.38. The summed E-state index contributed by atoms with van der Waals surface area (Å²) in [5, 5.41) is 2.86. The van der Waals surface area contributed by atoms with Gasteiger partial charge in [0.15, 0.2) is 0 Å². The summed E-state index contributed by atoms with van der Waals surface area (Å²) in [6.45, 7) is 3.79. The van der Waals surface area contributed by atoms with Crippen molar-refractivity contribution in [1.82, 2.24) is 10.2 Å². The maximum absolute atomic E-state index is 14.4. The molecule has 33 heavy (non-hydrogen) atoms. The fraction of sp³-hybridized carbons (Fsp3) is 0.417. The van der Waals surface area contributed by atoms with Crippen LogP contribution in [0.25, 0.3) is 0 Å². The van der Waals surface area contributed by atoms with Crippen LogP contribution in [0.1, 0.15) is 38.7 Å². The molecule has 2 amide bonds. The van der Waals surface area contributed by atoms with E-state index >= 15 is 0 Å². The number of halogens is 1. The molecule has 0 aromatic heterocycles. The molecule has 0 aliphatic rings. The Kier molecular flexibility index (Phi) is 9.84. The van der Waals surface area contributed by atoms with Gasteiger partial charge in [0, 0.05) is 13.1 Å². The summed E-state index contributed by atoms with van der Waals surface area (Å²) >= 11 is 0. The standard InChI is InChI=1S/C24H32FN3O4S/c1-4-6-16-26-24(30)21(5-2)27(17-19-12-8-7-9-13-19)23(29)18-28(33(3,31)32)22-15-11-10-14-20(22)25/h7-15,21H,4-6,16-18H2,1-3H3,(H,26,30). The lowest BCUT2D eigenvalue weighted by molar-refractivity contribution is -0.140. The molecule has 180 valence electrons. The number of nitrogens with one attached hydrogen (secondary N) is 1. The molecule has 2 rings (SSSR count). The summed E-state index contributed by atoms with van der Waals surface area (Å²) in [7, 11) is -3.97. The second kappa shape index (κ2) is 12.3. The third-order valence-corrected chi connectivity index (χ3v) is 6.34. The molecule has 0 aliphatic heterocycles. The van der Waals surface area contributed by atoms with E-state index in [1.165, 1.54) is 23.1 Å². The van der Waals surface area contributed by atoms with Gasteiger partial charge in [0.2, 0.25) is 21.8 Å². The minimum absolute atomic E-state index is 0.119. The van der Waals surface area contributed by atoms with Crippen LogP contribution in [0, 0.1) is 5.82 Å². The summed E-state index contributed by atoms with van der Waals surface area (Å²) in [4.78, 5) is 27.7. The van der Waals surface area contributed by atoms with Crippen LogP contribution < -0.4 is 9.62 Å². The van der Waals surface area contributed by atoms with Gasteiger partial charge in [-0.25, -0.2) is 12.8 Å². The lowest BCUT2D eigenvalue weighted by Crippen LogP contribution is -2.52. The number of rotatable bonds is 12. The number of carbonyl (C=O) groups excluding carboxylic acids is 2. The molecule has 0 saturated carbocycles. The Bertz CT molecular complexity index is 1030. The number of hydrogen-bond acceptors (Lipinski definition) is 4. The molecule has 1 unspecified atom stereocenters. The van der Waals surface area contributed by atoms with Crippen molar-refractivity contribution in [1.29, 1.82) is 0 Å². The van der Waals surface area contributed by atoms with Crippen molar-refractivity contribution >= 4 is 27.5 Å². The average Bonchev–Trinajstić information content (AvgIpc) is 2.78. The number of para-hydroxylation sites is 1. The van der Waals surface area contributed by atoms with Crippen molar-refractivity contribution < 1.29 is 22.4 Å². The number of benzene rings is 2. The van der Waals surface area contributed by atoms with Gasteiger partial charge in [-0.3, -0.25) is 13.9 Å². The van der Waals surface area contributed by atoms with E-state index in [1.807, 2.05) is 37.3 Å². The Morgan fingerprint density at radius 3 is 2.24 bits per heavy atom. The Hall–Kier alpha value is -2.94. The van der Waals surface area contributed by atoms with Gasteiger partial charge >= 0.3 is 0 Å². The van der Waals surface area contributed by atoms with E-state index < -0.39 is 34.3 Å². The number of anilines is 1. The van der Waals surface area contributed by atoms with Crippen LogP contribution in [0.2, 0.25) is 0 Å². The van der Waals surface area contributed by atoms with Gasteiger partial charge in [0.05, 0.1) is 11.9 Å². The van der Waals surface area contributed by atoms with Crippen molar-refractivity contribution in [3.63, 3.8) is 0 Å². The predicted octanol–water partition coefficient (Wildman–Crippen LogP) is 3.32.